The van der Waals surface area contributed by atoms with E-state index in [1.807, 2.05) is 6.92 Å². The molecule has 2 aromatic rings. The lowest BCUT2D eigenvalue weighted by molar-refractivity contribution is -0.123. The molecule has 1 saturated heterocycles. The van der Waals surface area contributed by atoms with Crippen molar-refractivity contribution in [3.8, 4) is 11.5 Å². The molecule has 0 radical (unpaired) electrons. The maximum atomic E-state index is 13.9. The molecular formula is C20H18FNO4S. The van der Waals surface area contributed by atoms with Gasteiger partial charge in [0.1, 0.15) is 5.82 Å². The van der Waals surface area contributed by atoms with Gasteiger partial charge in [-0.3, -0.25) is 14.5 Å². The Morgan fingerprint density at radius 1 is 1.15 bits per heavy atom. The van der Waals surface area contributed by atoms with E-state index >= 15 is 0 Å². The van der Waals surface area contributed by atoms with E-state index in [2.05, 4.69) is 0 Å². The molecule has 5 nitrogen and oxygen atoms in total. The van der Waals surface area contributed by atoms with Gasteiger partial charge in [-0.15, -0.1) is 0 Å². The van der Waals surface area contributed by atoms with E-state index in [1.165, 1.54) is 13.2 Å². The fraction of sp³-hybridized carbons (Fsp3) is 0.200. The van der Waals surface area contributed by atoms with Crippen molar-refractivity contribution in [1.82, 2.24) is 4.90 Å². The topological polar surface area (TPSA) is 55.8 Å². The van der Waals surface area contributed by atoms with Gasteiger partial charge in [0.25, 0.3) is 11.1 Å². The maximum Gasteiger partial charge on any atom is 0.293 e. The predicted molar refractivity (Wildman–Crippen MR) is 102 cm³/mol. The quantitative estimate of drug-likeness (QED) is 0.685. The van der Waals surface area contributed by atoms with Crippen LogP contribution in [-0.2, 0) is 11.3 Å². The lowest BCUT2D eigenvalue weighted by Gasteiger charge is -2.13. The number of benzene rings is 2. The van der Waals surface area contributed by atoms with Gasteiger partial charge in [0.05, 0.1) is 25.2 Å². The van der Waals surface area contributed by atoms with Gasteiger partial charge in [0.15, 0.2) is 11.5 Å². The molecule has 1 heterocycles. The first-order chi connectivity index (χ1) is 13.0. The number of rotatable bonds is 6. The van der Waals surface area contributed by atoms with Crippen molar-refractivity contribution < 1.29 is 23.5 Å². The normalized spacial score (nSPS) is 15.5. The number of amides is 2. The molecule has 0 spiro atoms. The van der Waals surface area contributed by atoms with Crippen LogP contribution in [0.1, 0.15) is 18.1 Å². The van der Waals surface area contributed by atoms with Crippen LogP contribution in [0.25, 0.3) is 6.08 Å². The van der Waals surface area contributed by atoms with Crippen LogP contribution in [0.15, 0.2) is 47.4 Å². The lowest BCUT2D eigenvalue weighted by atomic mass is 10.1. The van der Waals surface area contributed by atoms with Crippen molar-refractivity contribution >= 4 is 29.0 Å². The van der Waals surface area contributed by atoms with Gasteiger partial charge in [0, 0.05) is 11.1 Å². The molecule has 1 aliphatic rings. The number of ether oxygens (including phenoxy) is 2. The first kappa shape index (κ1) is 19.0. The smallest absolute Gasteiger partial charge is 0.293 e. The Labute approximate surface area is 160 Å². The number of carbonyl (C=O) groups is 2. The molecule has 1 aliphatic heterocycles. The van der Waals surface area contributed by atoms with Crippen LogP contribution in [0.4, 0.5) is 9.18 Å². The molecule has 0 aliphatic carbocycles. The minimum atomic E-state index is -0.460. The van der Waals surface area contributed by atoms with Crippen LogP contribution in [-0.4, -0.2) is 29.8 Å². The molecule has 3 rings (SSSR count). The third kappa shape index (κ3) is 3.98. The number of hydrogen-bond donors (Lipinski definition) is 0. The molecule has 2 amide bonds. The van der Waals surface area contributed by atoms with Crippen LogP contribution in [0, 0.1) is 5.82 Å². The summed E-state index contributed by atoms with van der Waals surface area (Å²) in [5.74, 6) is 0.130. The van der Waals surface area contributed by atoms with E-state index < -0.39 is 17.0 Å². The van der Waals surface area contributed by atoms with Crippen molar-refractivity contribution in [1.29, 1.82) is 0 Å². The molecule has 7 heteroatoms. The molecule has 27 heavy (non-hydrogen) atoms. The number of para-hydroxylation sites is 1. The van der Waals surface area contributed by atoms with Gasteiger partial charge in [-0.25, -0.2) is 4.39 Å². The second-order valence-corrected chi connectivity index (χ2v) is 6.66. The second kappa shape index (κ2) is 8.26. The van der Waals surface area contributed by atoms with Crippen molar-refractivity contribution in [3.63, 3.8) is 0 Å². The lowest BCUT2D eigenvalue weighted by Crippen LogP contribution is -2.27. The highest BCUT2D eigenvalue weighted by atomic mass is 32.2. The molecule has 0 aromatic heterocycles. The molecule has 0 bridgehead atoms. The van der Waals surface area contributed by atoms with Crippen molar-refractivity contribution in [2.45, 2.75) is 13.5 Å². The molecule has 0 atom stereocenters. The molecule has 2 aromatic carbocycles. The van der Waals surface area contributed by atoms with Gasteiger partial charge < -0.3 is 9.47 Å². The molecule has 140 valence electrons. The average Bonchev–Trinajstić information content (AvgIpc) is 2.92. The summed E-state index contributed by atoms with van der Waals surface area (Å²) in [5, 5.41) is -0.435. The Kier molecular flexibility index (Phi) is 5.81. The van der Waals surface area contributed by atoms with Crippen LogP contribution >= 0.6 is 11.8 Å². The van der Waals surface area contributed by atoms with Crippen LogP contribution in [0.5, 0.6) is 11.5 Å². The largest absolute Gasteiger partial charge is 0.493 e. The minimum Gasteiger partial charge on any atom is -0.493 e. The van der Waals surface area contributed by atoms with Gasteiger partial charge in [-0.2, -0.15) is 0 Å². The Hall–Kier alpha value is -2.80. The number of methoxy groups -OCH3 is 1. The molecule has 0 saturated carbocycles. The highest BCUT2D eigenvalue weighted by Crippen LogP contribution is 2.37. The van der Waals surface area contributed by atoms with E-state index in [4.69, 9.17) is 9.47 Å². The fourth-order valence-electron chi connectivity index (χ4n) is 2.68. The summed E-state index contributed by atoms with van der Waals surface area (Å²) in [6, 6.07) is 11.4. The zero-order chi connectivity index (χ0) is 19.4. The number of nitrogens with zero attached hydrogens (tertiary/aromatic N) is 1. The van der Waals surface area contributed by atoms with Crippen LogP contribution < -0.4 is 9.47 Å². The van der Waals surface area contributed by atoms with E-state index in [1.54, 1.807) is 42.5 Å². The summed E-state index contributed by atoms with van der Waals surface area (Å²) in [7, 11) is 1.53. The van der Waals surface area contributed by atoms with Crippen LogP contribution in [0.3, 0.4) is 0 Å². The number of carbonyl (C=O) groups excluding carboxylic acids is 2. The summed E-state index contributed by atoms with van der Waals surface area (Å²) in [4.78, 5) is 26.3. The van der Waals surface area contributed by atoms with Crippen molar-refractivity contribution in [2.24, 2.45) is 0 Å². The zero-order valence-electron chi connectivity index (χ0n) is 14.9. The third-order valence-corrected chi connectivity index (χ3v) is 4.87. The zero-order valence-corrected chi connectivity index (χ0v) is 15.7. The van der Waals surface area contributed by atoms with Gasteiger partial charge in [-0.05, 0) is 36.9 Å². The van der Waals surface area contributed by atoms with Gasteiger partial charge in [-0.1, -0.05) is 30.3 Å². The molecule has 0 N–H and O–H groups in total. The second-order valence-electron chi connectivity index (χ2n) is 5.67. The Morgan fingerprint density at radius 3 is 2.63 bits per heavy atom. The van der Waals surface area contributed by atoms with Crippen molar-refractivity contribution in [3.05, 3.63) is 64.3 Å². The summed E-state index contributed by atoms with van der Waals surface area (Å²) >= 11 is 0.822. The Morgan fingerprint density at radius 2 is 1.93 bits per heavy atom. The summed E-state index contributed by atoms with van der Waals surface area (Å²) < 4.78 is 24.8. The number of imide groups is 1. The number of thioether (sulfide) groups is 1. The van der Waals surface area contributed by atoms with Crippen molar-refractivity contribution in [2.75, 3.05) is 13.7 Å². The van der Waals surface area contributed by atoms with Crippen LogP contribution in [0.2, 0.25) is 0 Å². The van der Waals surface area contributed by atoms with E-state index in [9.17, 15) is 14.0 Å². The number of hydrogen-bond acceptors (Lipinski definition) is 5. The van der Waals surface area contributed by atoms with E-state index in [0.717, 1.165) is 16.7 Å². The summed E-state index contributed by atoms with van der Waals surface area (Å²) in [6.45, 7) is 2.17. The van der Waals surface area contributed by atoms with E-state index in [-0.39, 0.29) is 17.0 Å². The average molecular weight is 387 g/mol. The molecule has 0 unspecified atom stereocenters. The van der Waals surface area contributed by atoms with Gasteiger partial charge in [0.2, 0.25) is 0 Å². The van der Waals surface area contributed by atoms with E-state index in [0.29, 0.717) is 23.7 Å². The predicted octanol–water partition coefficient (Wildman–Crippen LogP) is 4.47. The Balaban J connectivity index is 1.90. The monoisotopic (exact) mass is 387 g/mol. The fourth-order valence-corrected chi connectivity index (χ4v) is 3.51. The highest BCUT2D eigenvalue weighted by Gasteiger charge is 2.35. The maximum absolute atomic E-state index is 13.9. The third-order valence-electron chi connectivity index (χ3n) is 3.96. The van der Waals surface area contributed by atoms with Gasteiger partial charge >= 0.3 is 0 Å². The SMILES string of the molecule is CCOc1c(/C=C2/SC(=O)N(Cc3ccccc3F)C2=O)cccc1OC. The molecule has 1 fully saturated rings. The first-order valence-electron chi connectivity index (χ1n) is 8.33. The number of halogens is 1. The summed E-state index contributed by atoms with van der Waals surface area (Å²) in [6.07, 6.45) is 1.60. The summed E-state index contributed by atoms with van der Waals surface area (Å²) in [5.41, 5.74) is 0.921. The first-order valence-corrected chi connectivity index (χ1v) is 9.15. The Bertz CT molecular complexity index is 913. The molecular weight excluding hydrogens is 369 g/mol. The highest BCUT2D eigenvalue weighted by molar-refractivity contribution is 8.18. The standard InChI is InChI=1S/C20H18FNO4S/c1-3-26-18-13(8-6-10-16(18)25-2)11-17-19(23)22(20(24)27-17)12-14-7-4-5-9-15(14)21/h4-11H,3,12H2,1-2H3/b17-11+. The minimum absolute atomic E-state index is 0.106.